The number of carbonyl (C=O) groups is 1. The van der Waals surface area contributed by atoms with Crippen molar-refractivity contribution < 1.29 is 14.3 Å². The highest BCUT2D eigenvalue weighted by Gasteiger charge is 2.32. The summed E-state index contributed by atoms with van der Waals surface area (Å²) in [6.07, 6.45) is 2.82. The largest absolute Gasteiger partial charge is 0.348 e. The molecule has 1 N–H and O–H groups in total. The summed E-state index contributed by atoms with van der Waals surface area (Å²) in [5, 5.41) is 2.91. The van der Waals surface area contributed by atoms with Gasteiger partial charge in [-0.2, -0.15) is 0 Å². The standard InChI is InChI=1S/C14H21BrN2O3/c1-4-5-17-8-10(15)6-12(17)13(18)16-7-11-9-19-14(2,3)20-11/h6,8,11H,4-5,7,9H2,1-3H3,(H,16,18). The van der Waals surface area contributed by atoms with Gasteiger partial charge in [-0.15, -0.1) is 0 Å². The maximum atomic E-state index is 12.2. The first-order valence-corrected chi connectivity index (χ1v) is 7.66. The van der Waals surface area contributed by atoms with Crippen LogP contribution in [0.4, 0.5) is 0 Å². The van der Waals surface area contributed by atoms with Crippen molar-refractivity contribution in [1.82, 2.24) is 9.88 Å². The van der Waals surface area contributed by atoms with Gasteiger partial charge in [0.15, 0.2) is 5.79 Å². The van der Waals surface area contributed by atoms with Crippen molar-refractivity contribution in [3.63, 3.8) is 0 Å². The minimum atomic E-state index is -0.555. The van der Waals surface area contributed by atoms with Crippen LogP contribution in [-0.4, -0.2) is 35.5 Å². The lowest BCUT2D eigenvalue weighted by Crippen LogP contribution is -2.35. The second-order valence-electron chi connectivity index (χ2n) is 5.40. The Bertz CT molecular complexity index is 485. The van der Waals surface area contributed by atoms with Gasteiger partial charge in [0.2, 0.25) is 0 Å². The lowest BCUT2D eigenvalue weighted by molar-refractivity contribution is -0.137. The van der Waals surface area contributed by atoms with Gasteiger partial charge in [0.25, 0.3) is 5.91 Å². The zero-order valence-corrected chi connectivity index (χ0v) is 13.7. The molecular weight excluding hydrogens is 324 g/mol. The summed E-state index contributed by atoms with van der Waals surface area (Å²) in [5.74, 6) is -0.640. The van der Waals surface area contributed by atoms with E-state index in [0.29, 0.717) is 18.8 Å². The van der Waals surface area contributed by atoms with E-state index >= 15 is 0 Å². The predicted molar refractivity (Wildman–Crippen MR) is 79.7 cm³/mol. The molecule has 1 unspecified atom stereocenters. The van der Waals surface area contributed by atoms with E-state index in [9.17, 15) is 4.79 Å². The van der Waals surface area contributed by atoms with E-state index in [1.165, 1.54) is 0 Å². The average molecular weight is 345 g/mol. The highest BCUT2D eigenvalue weighted by atomic mass is 79.9. The van der Waals surface area contributed by atoms with Gasteiger partial charge in [0, 0.05) is 23.8 Å². The van der Waals surface area contributed by atoms with Crippen molar-refractivity contribution >= 4 is 21.8 Å². The van der Waals surface area contributed by atoms with Crippen molar-refractivity contribution in [3.8, 4) is 0 Å². The summed E-state index contributed by atoms with van der Waals surface area (Å²) in [4.78, 5) is 12.2. The molecule has 112 valence electrons. The molecule has 0 radical (unpaired) electrons. The summed E-state index contributed by atoms with van der Waals surface area (Å²) < 4.78 is 14.0. The monoisotopic (exact) mass is 344 g/mol. The number of halogens is 1. The number of hydrogen-bond donors (Lipinski definition) is 1. The molecule has 5 nitrogen and oxygen atoms in total. The molecule has 1 saturated heterocycles. The smallest absolute Gasteiger partial charge is 0.268 e. The maximum absolute atomic E-state index is 12.2. The molecule has 2 rings (SSSR count). The molecule has 0 aromatic carbocycles. The number of amides is 1. The van der Waals surface area contributed by atoms with Gasteiger partial charge >= 0.3 is 0 Å². The summed E-state index contributed by atoms with van der Waals surface area (Å²) in [7, 11) is 0. The highest BCUT2D eigenvalue weighted by Crippen LogP contribution is 2.22. The van der Waals surface area contributed by atoms with Crippen LogP contribution in [0.15, 0.2) is 16.7 Å². The first kappa shape index (κ1) is 15.5. The zero-order chi connectivity index (χ0) is 14.8. The number of carbonyl (C=O) groups excluding carboxylic acids is 1. The third-order valence-electron chi connectivity index (χ3n) is 3.12. The average Bonchev–Trinajstić information content (AvgIpc) is 2.90. The molecule has 0 saturated carbocycles. The van der Waals surface area contributed by atoms with E-state index in [-0.39, 0.29) is 12.0 Å². The summed E-state index contributed by atoms with van der Waals surface area (Å²) in [6.45, 7) is 7.62. The van der Waals surface area contributed by atoms with Crippen molar-refractivity contribution in [2.24, 2.45) is 0 Å². The fourth-order valence-corrected chi connectivity index (χ4v) is 2.72. The molecule has 1 aromatic heterocycles. The van der Waals surface area contributed by atoms with Crippen LogP contribution < -0.4 is 5.32 Å². The second-order valence-corrected chi connectivity index (χ2v) is 6.31. The third kappa shape index (κ3) is 3.84. The van der Waals surface area contributed by atoms with Gasteiger partial charge in [-0.25, -0.2) is 0 Å². The summed E-state index contributed by atoms with van der Waals surface area (Å²) in [6, 6.07) is 1.83. The Kier molecular flexibility index (Phi) is 4.88. The molecule has 0 bridgehead atoms. The Balaban J connectivity index is 1.92. The molecule has 0 aliphatic carbocycles. The maximum Gasteiger partial charge on any atom is 0.268 e. The van der Waals surface area contributed by atoms with Gasteiger partial charge in [-0.1, -0.05) is 6.92 Å². The molecule has 2 heterocycles. The summed E-state index contributed by atoms with van der Waals surface area (Å²) >= 11 is 3.41. The fraction of sp³-hybridized carbons (Fsp3) is 0.643. The van der Waals surface area contributed by atoms with Crippen LogP contribution in [0.2, 0.25) is 0 Å². The van der Waals surface area contributed by atoms with Crippen LogP contribution >= 0.6 is 15.9 Å². The number of ether oxygens (including phenoxy) is 2. The topological polar surface area (TPSA) is 52.5 Å². The van der Waals surface area contributed by atoms with Gasteiger partial charge < -0.3 is 19.4 Å². The number of nitrogens with one attached hydrogen (secondary N) is 1. The molecule has 20 heavy (non-hydrogen) atoms. The number of aromatic nitrogens is 1. The zero-order valence-electron chi connectivity index (χ0n) is 12.1. The van der Waals surface area contributed by atoms with E-state index in [0.717, 1.165) is 17.4 Å². The number of rotatable bonds is 5. The van der Waals surface area contributed by atoms with Crippen LogP contribution in [0.25, 0.3) is 0 Å². The van der Waals surface area contributed by atoms with E-state index in [2.05, 4.69) is 28.2 Å². The molecule has 1 aliphatic rings. The summed E-state index contributed by atoms with van der Waals surface area (Å²) in [5.41, 5.74) is 0.664. The molecule has 0 spiro atoms. The Hall–Kier alpha value is -0.850. The lowest BCUT2D eigenvalue weighted by atomic mass is 10.3. The fourth-order valence-electron chi connectivity index (χ4n) is 2.25. The van der Waals surface area contributed by atoms with E-state index in [4.69, 9.17) is 9.47 Å². The number of nitrogens with zero attached hydrogens (tertiary/aromatic N) is 1. The van der Waals surface area contributed by atoms with Crippen molar-refractivity contribution in [3.05, 3.63) is 22.4 Å². The Morgan fingerprint density at radius 3 is 2.95 bits per heavy atom. The normalized spacial score (nSPS) is 21.1. The molecule has 1 amide bonds. The second kappa shape index (κ2) is 6.28. The Morgan fingerprint density at radius 2 is 2.35 bits per heavy atom. The van der Waals surface area contributed by atoms with Crippen LogP contribution in [-0.2, 0) is 16.0 Å². The predicted octanol–water partition coefficient (Wildman–Crippen LogP) is 2.54. The van der Waals surface area contributed by atoms with Crippen LogP contribution in [0.1, 0.15) is 37.7 Å². The van der Waals surface area contributed by atoms with Crippen molar-refractivity contribution in [1.29, 1.82) is 0 Å². The molecule has 1 aromatic rings. The SMILES string of the molecule is CCCn1cc(Br)cc1C(=O)NCC1COC(C)(C)O1. The van der Waals surface area contributed by atoms with E-state index in [1.807, 2.05) is 30.7 Å². The first-order valence-electron chi connectivity index (χ1n) is 6.87. The van der Waals surface area contributed by atoms with Crippen LogP contribution in [0.3, 0.4) is 0 Å². The number of aryl methyl sites for hydroxylation is 1. The van der Waals surface area contributed by atoms with Gasteiger partial charge in [-0.3, -0.25) is 4.79 Å². The van der Waals surface area contributed by atoms with Gasteiger partial charge in [-0.05, 0) is 42.3 Å². The third-order valence-corrected chi connectivity index (χ3v) is 3.55. The minimum Gasteiger partial charge on any atom is -0.348 e. The van der Waals surface area contributed by atoms with Gasteiger partial charge in [0.1, 0.15) is 11.8 Å². The van der Waals surface area contributed by atoms with Crippen LogP contribution in [0.5, 0.6) is 0 Å². The molecular formula is C14H21BrN2O3. The van der Waals surface area contributed by atoms with Crippen LogP contribution in [0, 0.1) is 0 Å². The molecule has 6 heteroatoms. The van der Waals surface area contributed by atoms with E-state index < -0.39 is 5.79 Å². The highest BCUT2D eigenvalue weighted by molar-refractivity contribution is 9.10. The minimum absolute atomic E-state index is 0.0857. The van der Waals surface area contributed by atoms with Gasteiger partial charge in [0.05, 0.1) is 6.61 Å². The van der Waals surface area contributed by atoms with E-state index in [1.54, 1.807) is 0 Å². The first-order chi connectivity index (χ1) is 9.41. The Morgan fingerprint density at radius 1 is 1.60 bits per heavy atom. The molecule has 1 aliphatic heterocycles. The molecule has 1 atom stereocenters. The quantitative estimate of drug-likeness (QED) is 0.892. The van der Waals surface area contributed by atoms with Crippen molar-refractivity contribution in [2.45, 2.75) is 45.6 Å². The number of hydrogen-bond acceptors (Lipinski definition) is 3. The lowest BCUT2D eigenvalue weighted by Gasteiger charge is -2.17. The van der Waals surface area contributed by atoms with Crippen molar-refractivity contribution in [2.75, 3.05) is 13.2 Å². The Labute approximate surface area is 127 Å². The molecule has 1 fully saturated rings.